The minimum atomic E-state index is 0.133. The van der Waals surface area contributed by atoms with Gasteiger partial charge in [0, 0.05) is 44.8 Å². The lowest BCUT2D eigenvalue weighted by Crippen LogP contribution is -2.49. The number of hydrogen-bond donors (Lipinski definition) is 0. The molecule has 2 aromatic heterocycles. The van der Waals surface area contributed by atoms with Crippen LogP contribution < -0.4 is 0 Å². The molecule has 4 heterocycles. The van der Waals surface area contributed by atoms with E-state index >= 15 is 0 Å². The van der Waals surface area contributed by atoms with Crippen LogP contribution in [0.3, 0.4) is 0 Å². The summed E-state index contributed by atoms with van der Waals surface area (Å²) in [6.07, 6.45) is 5.79. The Bertz CT molecular complexity index is 937. The van der Waals surface area contributed by atoms with Crippen LogP contribution in [0.15, 0.2) is 73.2 Å². The summed E-state index contributed by atoms with van der Waals surface area (Å²) >= 11 is 0. The number of fused-ring (bicyclic) bond motifs is 3. The molecule has 5 nitrogen and oxygen atoms in total. The van der Waals surface area contributed by atoms with E-state index in [9.17, 15) is 4.79 Å². The van der Waals surface area contributed by atoms with Gasteiger partial charge in [-0.2, -0.15) is 0 Å². The van der Waals surface area contributed by atoms with Gasteiger partial charge in [-0.15, -0.1) is 0 Å². The molecule has 5 rings (SSSR count). The predicted octanol–water partition coefficient (Wildman–Crippen LogP) is 2.96. The zero-order valence-electron chi connectivity index (χ0n) is 15.1. The fraction of sp³-hybridized carbons (Fsp3) is 0.273. The second-order valence-corrected chi connectivity index (χ2v) is 7.41. The maximum atomic E-state index is 13.2. The molecule has 2 atom stereocenters. The minimum absolute atomic E-state index is 0.133. The van der Waals surface area contributed by atoms with E-state index in [-0.39, 0.29) is 11.9 Å². The summed E-state index contributed by atoms with van der Waals surface area (Å²) in [6.45, 7) is 3.35. The third-order valence-electron chi connectivity index (χ3n) is 5.68. The molecule has 0 spiro atoms. The number of nitrogens with zero attached hydrogens (tertiary/aromatic N) is 4. The first-order valence-electron chi connectivity index (χ1n) is 9.42. The van der Waals surface area contributed by atoms with E-state index in [0.29, 0.717) is 12.6 Å². The summed E-state index contributed by atoms with van der Waals surface area (Å²) in [5, 5.41) is 0. The summed E-state index contributed by atoms with van der Waals surface area (Å²) in [4.78, 5) is 21.9. The molecule has 1 amide bonds. The van der Waals surface area contributed by atoms with E-state index in [1.165, 1.54) is 11.1 Å². The molecular weight excluding hydrogens is 336 g/mol. The lowest BCUT2D eigenvalue weighted by Gasteiger charge is -2.38. The van der Waals surface area contributed by atoms with E-state index in [0.717, 1.165) is 25.3 Å². The summed E-state index contributed by atoms with van der Waals surface area (Å²) in [6, 6.07) is 18.8. The molecular formula is C22H22N4O. The Morgan fingerprint density at radius 2 is 1.70 bits per heavy atom. The van der Waals surface area contributed by atoms with Gasteiger partial charge < -0.3 is 9.47 Å². The van der Waals surface area contributed by atoms with Crippen molar-refractivity contribution in [1.82, 2.24) is 19.4 Å². The van der Waals surface area contributed by atoms with Gasteiger partial charge in [0.2, 0.25) is 0 Å². The van der Waals surface area contributed by atoms with Crippen molar-refractivity contribution in [3.05, 3.63) is 90.0 Å². The second kappa shape index (κ2) is 6.67. The number of carbonyl (C=O) groups excluding carboxylic acids is 1. The lowest BCUT2D eigenvalue weighted by molar-refractivity contribution is 0.0556. The molecule has 0 N–H and O–H groups in total. The van der Waals surface area contributed by atoms with Gasteiger partial charge in [0.25, 0.3) is 5.91 Å². The Morgan fingerprint density at radius 3 is 2.52 bits per heavy atom. The highest BCUT2D eigenvalue weighted by Crippen LogP contribution is 2.35. The van der Waals surface area contributed by atoms with Gasteiger partial charge in [-0.3, -0.25) is 14.7 Å². The van der Waals surface area contributed by atoms with E-state index in [2.05, 4.69) is 43.7 Å². The van der Waals surface area contributed by atoms with E-state index in [1.54, 1.807) is 6.20 Å². The van der Waals surface area contributed by atoms with Gasteiger partial charge in [-0.25, -0.2) is 0 Å². The number of hydrogen-bond acceptors (Lipinski definition) is 3. The average Bonchev–Trinajstić information content (AvgIpc) is 3.34. The standard InChI is InChI=1S/C22H22N4O/c27-22-19-9-5-11-25(19)20-15-24(13-18-8-4-10-23-12-18)16-21(20)26(22)14-17-6-2-1-3-7-17/h1-12,20-21H,13-16H2. The van der Waals surface area contributed by atoms with Gasteiger partial charge >= 0.3 is 0 Å². The van der Waals surface area contributed by atoms with Gasteiger partial charge in [0.1, 0.15) is 5.69 Å². The van der Waals surface area contributed by atoms with Crippen LogP contribution in [0.2, 0.25) is 0 Å². The summed E-state index contributed by atoms with van der Waals surface area (Å²) in [5.41, 5.74) is 3.19. The van der Waals surface area contributed by atoms with Crippen LogP contribution in [0.4, 0.5) is 0 Å². The first-order valence-corrected chi connectivity index (χ1v) is 9.42. The van der Waals surface area contributed by atoms with Crippen molar-refractivity contribution in [2.24, 2.45) is 0 Å². The largest absolute Gasteiger partial charge is 0.337 e. The van der Waals surface area contributed by atoms with Crippen molar-refractivity contribution >= 4 is 5.91 Å². The van der Waals surface area contributed by atoms with Crippen LogP contribution in [0.1, 0.15) is 27.7 Å². The van der Waals surface area contributed by atoms with Crippen LogP contribution in [0, 0.1) is 0 Å². The average molecular weight is 358 g/mol. The second-order valence-electron chi connectivity index (χ2n) is 7.41. The molecule has 1 saturated heterocycles. The number of pyridine rings is 1. The van der Waals surface area contributed by atoms with E-state index < -0.39 is 0 Å². The molecule has 0 radical (unpaired) electrons. The number of aromatic nitrogens is 2. The molecule has 3 aromatic rings. The molecule has 0 aliphatic carbocycles. The lowest BCUT2D eigenvalue weighted by atomic mass is 10.0. The predicted molar refractivity (Wildman–Crippen MR) is 103 cm³/mol. The van der Waals surface area contributed by atoms with Crippen molar-refractivity contribution in [3.8, 4) is 0 Å². The summed E-state index contributed by atoms with van der Waals surface area (Å²) in [7, 11) is 0. The Hall–Kier alpha value is -2.92. The Balaban J connectivity index is 1.44. The number of likely N-dealkylation sites (tertiary alicyclic amines) is 1. The molecule has 1 aromatic carbocycles. The first-order chi connectivity index (χ1) is 13.3. The Kier molecular flexibility index (Phi) is 4.02. The molecule has 136 valence electrons. The molecule has 0 saturated carbocycles. The zero-order valence-corrected chi connectivity index (χ0v) is 15.1. The molecule has 2 aliphatic heterocycles. The Labute approximate surface area is 158 Å². The smallest absolute Gasteiger partial charge is 0.271 e. The highest BCUT2D eigenvalue weighted by Gasteiger charge is 2.44. The third-order valence-corrected chi connectivity index (χ3v) is 5.68. The van der Waals surface area contributed by atoms with E-state index in [1.807, 2.05) is 42.6 Å². The van der Waals surface area contributed by atoms with Crippen LogP contribution in [-0.2, 0) is 13.1 Å². The number of rotatable bonds is 4. The molecule has 2 unspecified atom stereocenters. The number of amides is 1. The van der Waals surface area contributed by atoms with Crippen molar-refractivity contribution in [2.75, 3.05) is 13.1 Å². The number of benzene rings is 1. The maximum absolute atomic E-state index is 13.2. The zero-order chi connectivity index (χ0) is 18.2. The minimum Gasteiger partial charge on any atom is -0.337 e. The highest BCUT2D eigenvalue weighted by molar-refractivity contribution is 5.94. The monoisotopic (exact) mass is 358 g/mol. The molecule has 2 aliphatic rings. The van der Waals surface area contributed by atoms with Gasteiger partial charge in [-0.05, 0) is 29.3 Å². The fourth-order valence-corrected chi connectivity index (χ4v) is 4.44. The van der Waals surface area contributed by atoms with Crippen LogP contribution >= 0.6 is 0 Å². The van der Waals surface area contributed by atoms with Crippen LogP contribution in [0.5, 0.6) is 0 Å². The van der Waals surface area contributed by atoms with Crippen molar-refractivity contribution in [2.45, 2.75) is 25.2 Å². The Morgan fingerprint density at radius 1 is 0.889 bits per heavy atom. The molecule has 0 bridgehead atoms. The maximum Gasteiger partial charge on any atom is 0.271 e. The molecule has 1 fully saturated rings. The fourth-order valence-electron chi connectivity index (χ4n) is 4.44. The topological polar surface area (TPSA) is 41.4 Å². The van der Waals surface area contributed by atoms with Crippen molar-refractivity contribution in [1.29, 1.82) is 0 Å². The quantitative estimate of drug-likeness (QED) is 0.720. The molecule has 5 heteroatoms. The van der Waals surface area contributed by atoms with Crippen molar-refractivity contribution < 1.29 is 4.79 Å². The van der Waals surface area contributed by atoms with Gasteiger partial charge in [-0.1, -0.05) is 36.4 Å². The number of carbonyl (C=O) groups is 1. The van der Waals surface area contributed by atoms with Gasteiger partial charge in [0.15, 0.2) is 0 Å². The normalized spacial score (nSPS) is 21.9. The third kappa shape index (κ3) is 2.94. The summed E-state index contributed by atoms with van der Waals surface area (Å²) < 4.78 is 2.18. The van der Waals surface area contributed by atoms with Gasteiger partial charge in [0.05, 0.1) is 12.1 Å². The van der Waals surface area contributed by atoms with Crippen molar-refractivity contribution in [3.63, 3.8) is 0 Å². The van der Waals surface area contributed by atoms with E-state index in [4.69, 9.17) is 0 Å². The first kappa shape index (κ1) is 16.3. The molecule has 27 heavy (non-hydrogen) atoms. The van der Waals surface area contributed by atoms with Crippen LogP contribution in [0.25, 0.3) is 0 Å². The highest BCUT2D eigenvalue weighted by atomic mass is 16.2. The van der Waals surface area contributed by atoms with Crippen LogP contribution in [-0.4, -0.2) is 44.4 Å². The SMILES string of the molecule is O=C1c2cccn2C2CN(Cc3cccnc3)CC2N1Cc1ccccc1. The summed E-state index contributed by atoms with van der Waals surface area (Å²) in [5.74, 6) is 0.133.